The Morgan fingerprint density at radius 3 is 2.68 bits per heavy atom. The van der Waals surface area contributed by atoms with Gasteiger partial charge in [0.25, 0.3) is 5.91 Å². The number of ether oxygens (including phenoxy) is 2. The zero-order valence-electron chi connectivity index (χ0n) is 14.3. The van der Waals surface area contributed by atoms with Crippen molar-refractivity contribution in [1.29, 1.82) is 0 Å². The molecule has 1 aromatic carbocycles. The van der Waals surface area contributed by atoms with Gasteiger partial charge in [0.05, 0.1) is 18.8 Å². The quantitative estimate of drug-likeness (QED) is 0.889. The average molecular weight is 361 g/mol. The Morgan fingerprint density at radius 1 is 1.24 bits per heavy atom. The standard InChI is InChI=1S/C19H21ClN2O3/c1-12-3-4-15(9-13(12)2)22-18(23)14-10-17(20)19(21-11-14)25-16-5-7-24-8-6-16/h3-4,9-11,16H,5-8H2,1-2H3,(H,22,23). The molecule has 0 bridgehead atoms. The van der Waals surface area contributed by atoms with Gasteiger partial charge in [-0.1, -0.05) is 17.7 Å². The fourth-order valence-electron chi connectivity index (χ4n) is 2.61. The van der Waals surface area contributed by atoms with Gasteiger partial charge in [0, 0.05) is 24.7 Å². The largest absolute Gasteiger partial charge is 0.473 e. The van der Waals surface area contributed by atoms with E-state index in [0.717, 1.165) is 24.1 Å². The summed E-state index contributed by atoms with van der Waals surface area (Å²) >= 11 is 6.24. The minimum Gasteiger partial charge on any atom is -0.473 e. The normalized spacial score (nSPS) is 15.0. The van der Waals surface area contributed by atoms with Crippen LogP contribution in [0.3, 0.4) is 0 Å². The molecule has 1 aliphatic rings. The zero-order chi connectivity index (χ0) is 17.8. The fourth-order valence-corrected chi connectivity index (χ4v) is 2.82. The molecule has 0 saturated carbocycles. The lowest BCUT2D eigenvalue weighted by Crippen LogP contribution is -2.26. The monoisotopic (exact) mass is 360 g/mol. The number of nitrogens with zero attached hydrogens (tertiary/aromatic N) is 1. The summed E-state index contributed by atoms with van der Waals surface area (Å²) in [6, 6.07) is 7.36. The predicted molar refractivity (Wildman–Crippen MR) is 97.6 cm³/mol. The molecule has 132 valence electrons. The molecule has 1 saturated heterocycles. The summed E-state index contributed by atoms with van der Waals surface area (Å²) in [5, 5.41) is 3.19. The highest BCUT2D eigenvalue weighted by molar-refractivity contribution is 6.32. The average Bonchev–Trinajstić information content (AvgIpc) is 2.61. The van der Waals surface area contributed by atoms with Crippen LogP contribution in [0, 0.1) is 13.8 Å². The molecule has 2 heterocycles. The fraction of sp³-hybridized carbons (Fsp3) is 0.368. The molecule has 25 heavy (non-hydrogen) atoms. The molecule has 0 aliphatic carbocycles. The van der Waals surface area contributed by atoms with Gasteiger partial charge in [-0.25, -0.2) is 4.98 Å². The maximum Gasteiger partial charge on any atom is 0.257 e. The first-order chi connectivity index (χ1) is 12.0. The van der Waals surface area contributed by atoms with E-state index in [1.54, 1.807) is 6.07 Å². The molecule has 1 aromatic heterocycles. The molecule has 0 unspecified atom stereocenters. The lowest BCUT2D eigenvalue weighted by atomic mass is 10.1. The Hall–Kier alpha value is -2.11. The van der Waals surface area contributed by atoms with Crippen molar-refractivity contribution in [3.63, 3.8) is 0 Å². The minimum atomic E-state index is -0.254. The number of rotatable bonds is 4. The number of amides is 1. The molecule has 2 aromatic rings. The van der Waals surface area contributed by atoms with Gasteiger partial charge in [0.2, 0.25) is 5.88 Å². The predicted octanol–water partition coefficient (Wildman–Crippen LogP) is 4.16. The maximum atomic E-state index is 12.4. The van der Waals surface area contributed by atoms with E-state index >= 15 is 0 Å². The first-order valence-corrected chi connectivity index (χ1v) is 8.69. The molecule has 0 radical (unpaired) electrons. The number of hydrogen-bond donors (Lipinski definition) is 1. The van der Waals surface area contributed by atoms with Crippen LogP contribution in [0.1, 0.15) is 34.3 Å². The van der Waals surface area contributed by atoms with E-state index in [1.165, 1.54) is 11.8 Å². The Kier molecular flexibility index (Phi) is 5.56. The van der Waals surface area contributed by atoms with Crippen molar-refractivity contribution in [1.82, 2.24) is 4.98 Å². The molecule has 1 aliphatic heterocycles. The molecule has 5 nitrogen and oxygen atoms in total. The second kappa shape index (κ2) is 7.85. The van der Waals surface area contributed by atoms with E-state index in [4.69, 9.17) is 21.1 Å². The molecule has 1 fully saturated rings. The number of hydrogen-bond acceptors (Lipinski definition) is 4. The smallest absolute Gasteiger partial charge is 0.257 e. The van der Waals surface area contributed by atoms with Crippen LogP contribution in [-0.2, 0) is 4.74 Å². The number of anilines is 1. The summed E-state index contributed by atoms with van der Waals surface area (Å²) in [6.07, 6.45) is 3.16. The minimum absolute atomic E-state index is 0.0500. The van der Waals surface area contributed by atoms with Crippen molar-refractivity contribution in [3.8, 4) is 5.88 Å². The van der Waals surface area contributed by atoms with E-state index < -0.39 is 0 Å². The van der Waals surface area contributed by atoms with Crippen LogP contribution in [0.5, 0.6) is 5.88 Å². The van der Waals surface area contributed by atoms with Gasteiger partial charge in [-0.3, -0.25) is 4.79 Å². The number of pyridine rings is 1. The molecular weight excluding hydrogens is 340 g/mol. The lowest BCUT2D eigenvalue weighted by molar-refractivity contribution is 0.0238. The van der Waals surface area contributed by atoms with Gasteiger partial charge in [-0.05, 0) is 43.2 Å². The zero-order valence-corrected chi connectivity index (χ0v) is 15.1. The third kappa shape index (κ3) is 4.50. The van der Waals surface area contributed by atoms with Crippen LogP contribution in [0.25, 0.3) is 0 Å². The van der Waals surface area contributed by atoms with Crippen molar-refractivity contribution >= 4 is 23.2 Å². The molecule has 0 atom stereocenters. The first kappa shape index (κ1) is 17.7. The van der Waals surface area contributed by atoms with Crippen molar-refractivity contribution in [2.45, 2.75) is 32.8 Å². The molecule has 6 heteroatoms. The number of aryl methyl sites for hydroxylation is 2. The Labute approximate surface area is 152 Å². The third-order valence-corrected chi connectivity index (χ3v) is 4.55. The SMILES string of the molecule is Cc1ccc(NC(=O)c2cnc(OC3CCOCC3)c(Cl)c2)cc1C. The van der Waals surface area contributed by atoms with Crippen LogP contribution < -0.4 is 10.1 Å². The topological polar surface area (TPSA) is 60.5 Å². The summed E-state index contributed by atoms with van der Waals surface area (Å²) in [5.74, 6) is 0.103. The van der Waals surface area contributed by atoms with Gasteiger partial charge in [0.1, 0.15) is 11.1 Å². The van der Waals surface area contributed by atoms with Crippen LogP contribution >= 0.6 is 11.6 Å². The van der Waals surface area contributed by atoms with E-state index in [9.17, 15) is 4.79 Å². The van der Waals surface area contributed by atoms with Crippen LogP contribution in [-0.4, -0.2) is 30.2 Å². The van der Waals surface area contributed by atoms with Crippen LogP contribution in [0.4, 0.5) is 5.69 Å². The molecule has 3 rings (SSSR count). The van der Waals surface area contributed by atoms with E-state index in [0.29, 0.717) is 29.7 Å². The van der Waals surface area contributed by atoms with Gasteiger partial charge in [-0.15, -0.1) is 0 Å². The molecular formula is C19H21ClN2O3. The summed E-state index contributed by atoms with van der Waals surface area (Å²) in [6.45, 7) is 5.39. The van der Waals surface area contributed by atoms with Gasteiger partial charge < -0.3 is 14.8 Å². The second-order valence-corrected chi connectivity index (χ2v) is 6.60. The van der Waals surface area contributed by atoms with E-state index in [-0.39, 0.29) is 12.0 Å². The highest BCUT2D eigenvalue weighted by atomic mass is 35.5. The van der Waals surface area contributed by atoms with Gasteiger partial charge >= 0.3 is 0 Å². The van der Waals surface area contributed by atoms with Crippen molar-refractivity contribution in [2.75, 3.05) is 18.5 Å². The summed E-state index contributed by atoms with van der Waals surface area (Å²) < 4.78 is 11.1. The van der Waals surface area contributed by atoms with Crippen molar-refractivity contribution in [3.05, 3.63) is 52.2 Å². The Bertz CT molecular complexity index is 773. The number of nitrogens with one attached hydrogen (secondary N) is 1. The Morgan fingerprint density at radius 2 is 2.00 bits per heavy atom. The number of carbonyl (C=O) groups is 1. The van der Waals surface area contributed by atoms with Crippen LogP contribution in [0.15, 0.2) is 30.5 Å². The number of halogens is 1. The summed E-state index contributed by atoms with van der Waals surface area (Å²) in [7, 11) is 0. The van der Waals surface area contributed by atoms with Crippen molar-refractivity contribution < 1.29 is 14.3 Å². The van der Waals surface area contributed by atoms with Gasteiger partial charge in [-0.2, -0.15) is 0 Å². The summed E-state index contributed by atoms with van der Waals surface area (Å²) in [5.41, 5.74) is 3.43. The summed E-state index contributed by atoms with van der Waals surface area (Å²) in [4.78, 5) is 16.6. The number of carbonyl (C=O) groups excluding carboxylic acids is 1. The first-order valence-electron chi connectivity index (χ1n) is 8.31. The second-order valence-electron chi connectivity index (χ2n) is 6.19. The lowest BCUT2D eigenvalue weighted by Gasteiger charge is -2.23. The number of benzene rings is 1. The van der Waals surface area contributed by atoms with E-state index in [1.807, 2.05) is 32.0 Å². The van der Waals surface area contributed by atoms with Crippen LogP contribution in [0.2, 0.25) is 5.02 Å². The number of aromatic nitrogens is 1. The Balaban J connectivity index is 1.68. The maximum absolute atomic E-state index is 12.4. The highest BCUT2D eigenvalue weighted by Crippen LogP contribution is 2.26. The highest BCUT2D eigenvalue weighted by Gasteiger charge is 2.18. The van der Waals surface area contributed by atoms with Gasteiger partial charge in [0.15, 0.2) is 0 Å². The molecule has 1 N–H and O–H groups in total. The third-order valence-electron chi connectivity index (χ3n) is 4.28. The molecule has 0 spiro atoms. The van der Waals surface area contributed by atoms with E-state index in [2.05, 4.69) is 10.3 Å². The van der Waals surface area contributed by atoms with Crippen molar-refractivity contribution in [2.24, 2.45) is 0 Å². The molecule has 1 amide bonds.